The molecule has 1 atom stereocenters. The van der Waals surface area contributed by atoms with Crippen LogP contribution in [-0.2, 0) is 0 Å². The molecular formula is C16H20FN3O2. The first-order chi connectivity index (χ1) is 10.5. The number of halogens is 1. The van der Waals surface area contributed by atoms with E-state index in [9.17, 15) is 9.50 Å². The van der Waals surface area contributed by atoms with Crippen LogP contribution in [-0.4, -0.2) is 39.3 Å². The number of benzene rings is 1. The van der Waals surface area contributed by atoms with E-state index in [2.05, 4.69) is 15.0 Å². The Labute approximate surface area is 128 Å². The van der Waals surface area contributed by atoms with Gasteiger partial charge in [-0.25, -0.2) is 4.39 Å². The zero-order chi connectivity index (χ0) is 15.7. The van der Waals surface area contributed by atoms with E-state index in [1.807, 2.05) is 6.92 Å². The molecule has 1 aliphatic rings. The molecule has 5 nitrogen and oxygen atoms in total. The van der Waals surface area contributed by atoms with Crippen molar-refractivity contribution in [2.45, 2.75) is 38.8 Å². The van der Waals surface area contributed by atoms with Crippen molar-refractivity contribution in [3.05, 3.63) is 35.5 Å². The van der Waals surface area contributed by atoms with Crippen LogP contribution in [0.15, 0.2) is 22.7 Å². The van der Waals surface area contributed by atoms with Gasteiger partial charge in [-0.1, -0.05) is 17.3 Å². The molecule has 6 heteroatoms. The summed E-state index contributed by atoms with van der Waals surface area (Å²) in [5.41, 5.74) is 1.20. The molecular weight excluding hydrogens is 285 g/mol. The molecule has 118 valence electrons. The maximum absolute atomic E-state index is 13.6. The zero-order valence-corrected chi connectivity index (χ0v) is 12.8. The second-order valence-corrected chi connectivity index (χ2v) is 5.86. The van der Waals surface area contributed by atoms with E-state index < -0.39 is 0 Å². The van der Waals surface area contributed by atoms with Crippen LogP contribution in [0.1, 0.15) is 37.3 Å². The Hall–Kier alpha value is -1.79. The van der Waals surface area contributed by atoms with Gasteiger partial charge < -0.3 is 9.63 Å². The molecule has 1 N–H and O–H groups in total. The first-order valence-electron chi connectivity index (χ1n) is 7.57. The number of piperidine rings is 1. The number of hydrogen-bond acceptors (Lipinski definition) is 5. The first-order valence-corrected chi connectivity index (χ1v) is 7.57. The summed E-state index contributed by atoms with van der Waals surface area (Å²) in [5, 5.41) is 13.5. The third kappa shape index (κ3) is 3.03. The molecule has 0 saturated carbocycles. The smallest absolute Gasteiger partial charge is 0.244 e. The molecule has 1 fully saturated rings. The lowest BCUT2D eigenvalue weighted by Gasteiger charge is -2.32. The highest BCUT2D eigenvalue weighted by Gasteiger charge is 2.26. The van der Waals surface area contributed by atoms with Crippen LogP contribution in [0.25, 0.3) is 11.4 Å². The SMILES string of the molecule is Cc1ccc(-c2noc(C(C)N3CCC(O)CC3)n2)cc1F. The Balaban J connectivity index is 1.76. The Kier molecular flexibility index (Phi) is 4.22. The van der Waals surface area contributed by atoms with Crippen molar-refractivity contribution in [2.75, 3.05) is 13.1 Å². The van der Waals surface area contributed by atoms with E-state index in [0.29, 0.717) is 22.8 Å². The van der Waals surface area contributed by atoms with Crippen LogP contribution in [0.5, 0.6) is 0 Å². The molecule has 0 spiro atoms. The number of likely N-dealkylation sites (tertiary alicyclic amines) is 1. The summed E-state index contributed by atoms with van der Waals surface area (Å²) >= 11 is 0. The minimum Gasteiger partial charge on any atom is -0.393 e. The molecule has 3 rings (SSSR count). The van der Waals surface area contributed by atoms with E-state index in [1.54, 1.807) is 19.1 Å². The molecule has 1 unspecified atom stereocenters. The molecule has 22 heavy (non-hydrogen) atoms. The van der Waals surface area contributed by atoms with Gasteiger partial charge in [-0.05, 0) is 38.3 Å². The van der Waals surface area contributed by atoms with E-state index in [0.717, 1.165) is 25.9 Å². The van der Waals surface area contributed by atoms with Crippen molar-refractivity contribution in [3.8, 4) is 11.4 Å². The fourth-order valence-electron chi connectivity index (χ4n) is 2.68. The summed E-state index contributed by atoms with van der Waals surface area (Å²) in [6.45, 7) is 5.33. The number of hydrogen-bond donors (Lipinski definition) is 1. The van der Waals surface area contributed by atoms with Crippen LogP contribution in [0.2, 0.25) is 0 Å². The lowest BCUT2D eigenvalue weighted by Crippen LogP contribution is -2.37. The van der Waals surface area contributed by atoms with Gasteiger partial charge in [-0.15, -0.1) is 0 Å². The van der Waals surface area contributed by atoms with Gasteiger partial charge in [0.1, 0.15) is 5.82 Å². The summed E-state index contributed by atoms with van der Waals surface area (Å²) in [4.78, 5) is 6.60. The number of rotatable bonds is 3. The lowest BCUT2D eigenvalue weighted by molar-refractivity contribution is 0.0564. The fourth-order valence-corrected chi connectivity index (χ4v) is 2.68. The minimum absolute atomic E-state index is 0.0101. The predicted octanol–water partition coefficient (Wildman–Crippen LogP) is 2.70. The predicted molar refractivity (Wildman–Crippen MR) is 79.7 cm³/mol. The largest absolute Gasteiger partial charge is 0.393 e. The minimum atomic E-state index is -0.276. The summed E-state index contributed by atoms with van der Waals surface area (Å²) in [5.74, 6) is 0.645. The second-order valence-electron chi connectivity index (χ2n) is 5.86. The van der Waals surface area contributed by atoms with Crippen LogP contribution in [0, 0.1) is 12.7 Å². The second kappa shape index (κ2) is 6.14. The highest BCUT2D eigenvalue weighted by molar-refractivity contribution is 5.54. The maximum Gasteiger partial charge on any atom is 0.244 e. The quantitative estimate of drug-likeness (QED) is 0.944. The monoisotopic (exact) mass is 305 g/mol. The normalized spacial score (nSPS) is 18.5. The van der Waals surface area contributed by atoms with Crippen molar-refractivity contribution >= 4 is 0 Å². The average Bonchev–Trinajstić information content (AvgIpc) is 3.00. The van der Waals surface area contributed by atoms with Crippen LogP contribution in [0.3, 0.4) is 0 Å². The number of aliphatic hydroxyl groups excluding tert-OH is 1. The van der Waals surface area contributed by atoms with Crippen molar-refractivity contribution in [3.63, 3.8) is 0 Å². The van der Waals surface area contributed by atoms with Gasteiger partial charge >= 0.3 is 0 Å². The molecule has 1 aliphatic heterocycles. The molecule has 0 amide bonds. The summed E-state index contributed by atoms with van der Waals surface area (Å²) in [6.07, 6.45) is 1.31. The number of nitrogens with zero attached hydrogens (tertiary/aromatic N) is 3. The van der Waals surface area contributed by atoms with Gasteiger partial charge in [-0.3, -0.25) is 4.90 Å². The van der Waals surface area contributed by atoms with Gasteiger partial charge in [0.15, 0.2) is 0 Å². The van der Waals surface area contributed by atoms with Crippen LogP contribution in [0.4, 0.5) is 4.39 Å². The van der Waals surface area contributed by atoms with Gasteiger partial charge in [0.2, 0.25) is 11.7 Å². The number of aliphatic hydroxyl groups is 1. The number of aromatic nitrogens is 2. The van der Waals surface area contributed by atoms with Gasteiger partial charge in [-0.2, -0.15) is 4.98 Å². The number of aryl methyl sites for hydroxylation is 1. The van der Waals surface area contributed by atoms with Crippen LogP contribution >= 0.6 is 0 Å². The molecule has 1 aromatic carbocycles. The van der Waals surface area contributed by atoms with Gasteiger partial charge in [0.25, 0.3) is 0 Å². The van der Waals surface area contributed by atoms with Crippen molar-refractivity contribution < 1.29 is 14.0 Å². The summed E-state index contributed by atoms with van der Waals surface area (Å²) < 4.78 is 19.0. The Morgan fingerprint density at radius 1 is 1.36 bits per heavy atom. The lowest BCUT2D eigenvalue weighted by atomic mass is 10.1. The zero-order valence-electron chi connectivity index (χ0n) is 12.8. The van der Waals surface area contributed by atoms with Crippen molar-refractivity contribution in [2.24, 2.45) is 0 Å². The standard InChI is InChI=1S/C16H20FN3O2/c1-10-3-4-12(9-14(10)17)15-18-16(22-19-15)11(2)20-7-5-13(21)6-8-20/h3-4,9,11,13,21H,5-8H2,1-2H3. The van der Waals surface area contributed by atoms with E-state index in [1.165, 1.54) is 6.07 Å². The molecule has 0 bridgehead atoms. The molecule has 1 aromatic heterocycles. The summed E-state index contributed by atoms with van der Waals surface area (Å²) in [6, 6.07) is 4.90. The highest BCUT2D eigenvalue weighted by Crippen LogP contribution is 2.26. The Bertz CT molecular complexity index is 651. The highest BCUT2D eigenvalue weighted by atomic mass is 19.1. The Morgan fingerprint density at radius 3 is 2.77 bits per heavy atom. The topological polar surface area (TPSA) is 62.4 Å². The molecule has 1 saturated heterocycles. The van der Waals surface area contributed by atoms with Crippen molar-refractivity contribution in [1.29, 1.82) is 0 Å². The van der Waals surface area contributed by atoms with Crippen molar-refractivity contribution in [1.82, 2.24) is 15.0 Å². The van der Waals surface area contributed by atoms with Crippen LogP contribution < -0.4 is 0 Å². The Morgan fingerprint density at radius 2 is 2.09 bits per heavy atom. The average molecular weight is 305 g/mol. The fraction of sp³-hybridized carbons (Fsp3) is 0.500. The first kappa shape index (κ1) is 15.1. The molecule has 2 aromatic rings. The summed E-state index contributed by atoms with van der Waals surface area (Å²) in [7, 11) is 0. The van der Waals surface area contributed by atoms with Gasteiger partial charge in [0.05, 0.1) is 12.1 Å². The van der Waals surface area contributed by atoms with Gasteiger partial charge in [0, 0.05) is 18.7 Å². The third-order valence-electron chi connectivity index (χ3n) is 4.28. The maximum atomic E-state index is 13.6. The molecule has 0 aliphatic carbocycles. The third-order valence-corrected chi connectivity index (χ3v) is 4.28. The van der Waals surface area contributed by atoms with E-state index in [-0.39, 0.29) is 18.0 Å². The molecule has 0 radical (unpaired) electrons. The molecule has 2 heterocycles. The van der Waals surface area contributed by atoms with E-state index >= 15 is 0 Å². The van der Waals surface area contributed by atoms with E-state index in [4.69, 9.17) is 4.52 Å².